The highest BCUT2D eigenvalue weighted by Crippen LogP contribution is 2.22. The first kappa shape index (κ1) is 11.9. The van der Waals surface area contributed by atoms with Gasteiger partial charge in [0.1, 0.15) is 0 Å². The monoisotopic (exact) mass is 226 g/mol. The second-order valence-electron chi connectivity index (χ2n) is 5.06. The van der Waals surface area contributed by atoms with Gasteiger partial charge in [0.05, 0.1) is 18.7 Å². The summed E-state index contributed by atoms with van der Waals surface area (Å²) in [7, 11) is 0. The van der Waals surface area contributed by atoms with E-state index in [1.165, 1.54) is 0 Å². The van der Waals surface area contributed by atoms with Gasteiger partial charge in [0, 0.05) is 6.54 Å². The molecule has 1 amide bonds. The van der Waals surface area contributed by atoms with E-state index in [9.17, 15) is 9.90 Å². The van der Waals surface area contributed by atoms with E-state index in [4.69, 9.17) is 0 Å². The van der Waals surface area contributed by atoms with E-state index >= 15 is 0 Å². The molecule has 0 saturated carbocycles. The number of nitrogens with one attached hydrogen (secondary N) is 1. The van der Waals surface area contributed by atoms with Crippen molar-refractivity contribution in [2.75, 3.05) is 19.7 Å². The predicted molar refractivity (Wildman–Crippen MR) is 62.0 cm³/mol. The van der Waals surface area contributed by atoms with Gasteiger partial charge in [-0.1, -0.05) is 6.92 Å². The maximum absolute atomic E-state index is 12.3. The second kappa shape index (κ2) is 5.15. The number of carbonyl (C=O) groups is 1. The Balaban J connectivity index is 2.00. The highest BCUT2D eigenvalue weighted by atomic mass is 16.3. The number of nitrogens with zero attached hydrogens (tertiary/aromatic N) is 1. The van der Waals surface area contributed by atoms with Crippen molar-refractivity contribution >= 4 is 5.91 Å². The third-order valence-corrected chi connectivity index (χ3v) is 3.91. The molecule has 2 saturated heterocycles. The van der Waals surface area contributed by atoms with E-state index in [1.54, 1.807) is 0 Å². The molecule has 2 unspecified atom stereocenters. The molecule has 2 fully saturated rings. The Kier molecular flexibility index (Phi) is 3.82. The maximum Gasteiger partial charge on any atom is 0.240 e. The molecular weight excluding hydrogens is 204 g/mol. The Bertz CT molecular complexity index is 253. The largest absolute Gasteiger partial charge is 0.394 e. The molecule has 0 aromatic heterocycles. The molecule has 0 aromatic carbocycles. The molecule has 0 radical (unpaired) electrons. The molecule has 2 aliphatic rings. The average molecular weight is 226 g/mol. The van der Waals surface area contributed by atoms with Crippen LogP contribution in [0.3, 0.4) is 0 Å². The first-order valence-corrected chi connectivity index (χ1v) is 6.38. The van der Waals surface area contributed by atoms with Crippen LogP contribution in [0, 0.1) is 5.92 Å². The number of amides is 1. The van der Waals surface area contributed by atoms with Gasteiger partial charge in [-0.25, -0.2) is 0 Å². The lowest BCUT2D eigenvalue weighted by Gasteiger charge is -2.34. The number of hydrogen-bond donors (Lipinski definition) is 2. The van der Waals surface area contributed by atoms with Gasteiger partial charge in [0.2, 0.25) is 5.91 Å². The number of rotatable bonds is 2. The van der Waals surface area contributed by atoms with E-state index in [0.717, 1.165) is 38.8 Å². The van der Waals surface area contributed by atoms with Crippen LogP contribution in [0.2, 0.25) is 0 Å². The number of aliphatic hydroxyl groups excluding tert-OH is 1. The molecule has 2 heterocycles. The maximum atomic E-state index is 12.3. The Labute approximate surface area is 97.0 Å². The number of carbonyl (C=O) groups excluding carboxylic acids is 1. The summed E-state index contributed by atoms with van der Waals surface area (Å²) in [5.74, 6) is 0.616. The van der Waals surface area contributed by atoms with Crippen LogP contribution in [0.15, 0.2) is 0 Å². The molecule has 92 valence electrons. The average Bonchev–Trinajstić information content (AvgIpc) is 2.77. The van der Waals surface area contributed by atoms with Crippen molar-refractivity contribution in [1.82, 2.24) is 10.2 Å². The van der Waals surface area contributed by atoms with E-state index in [2.05, 4.69) is 12.2 Å². The number of hydrogen-bond acceptors (Lipinski definition) is 3. The van der Waals surface area contributed by atoms with Gasteiger partial charge in [-0.3, -0.25) is 4.79 Å². The lowest BCUT2D eigenvalue weighted by Crippen LogP contribution is -2.53. The van der Waals surface area contributed by atoms with Crippen molar-refractivity contribution in [3.8, 4) is 0 Å². The van der Waals surface area contributed by atoms with Crippen molar-refractivity contribution < 1.29 is 9.90 Å². The third kappa shape index (κ3) is 2.23. The van der Waals surface area contributed by atoms with Crippen molar-refractivity contribution in [1.29, 1.82) is 0 Å². The highest BCUT2D eigenvalue weighted by Gasteiger charge is 2.35. The fourth-order valence-electron chi connectivity index (χ4n) is 2.87. The second-order valence-corrected chi connectivity index (χ2v) is 5.06. The molecule has 16 heavy (non-hydrogen) atoms. The van der Waals surface area contributed by atoms with E-state index < -0.39 is 0 Å². The van der Waals surface area contributed by atoms with Gasteiger partial charge in [-0.05, 0) is 38.1 Å². The fraction of sp³-hybridized carbons (Fsp3) is 0.917. The summed E-state index contributed by atoms with van der Waals surface area (Å²) < 4.78 is 0. The summed E-state index contributed by atoms with van der Waals surface area (Å²) in [6.07, 6.45) is 4.26. The van der Waals surface area contributed by atoms with Crippen LogP contribution >= 0.6 is 0 Å². The minimum atomic E-state index is -0.0269. The summed E-state index contributed by atoms with van der Waals surface area (Å²) in [4.78, 5) is 14.2. The lowest BCUT2D eigenvalue weighted by atomic mass is 9.91. The van der Waals surface area contributed by atoms with Crippen LogP contribution in [0.4, 0.5) is 0 Å². The van der Waals surface area contributed by atoms with Crippen LogP contribution in [0.25, 0.3) is 0 Å². The summed E-state index contributed by atoms with van der Waals surface area (Å²) in [5, 5.41) is 12.6. The molecule has 0 aliphatic carbocycles. The standard InChI is InChI=1S/C12H22N2O2/c1-9-4-2-6-13-11(9)12(16)14-7-3-5-10(14)8-15/h9-11,13,15H,2-8H2,1H3/t9?,10-,11?/m1/s1. The molecule has 0 bridgehead atoms. The lowest BCUT2D eigenvalue weighted by molar-refractivity contribution is -0.136. The quantitative estimate of drug-likeness (QED) is 0.715. The van der Waals surface area contributed by atoms with Crippen molar-refractivity contribution in [2.24, 2.45) is 5.92 Å². The van der Waals surface area contributed by atoms with Crippen LogP contribution in [-0.2, 0) is 4.79 Å². The molecule has 2 rings (SSSR count). The Hall–Kier alpha value is -0.610. The minimum absolute atomic E-state index is 0.0269. The predicted octanol–water partition coefficient (Wildman–Crippen LogP) is 0.358. The number of likely N-dealkylation sites (tertiary alicyclic amines) is 1. The van der Waals surface area contributed by atoms with Crippen LogP contribution in [0.1, 0.15) is 32.6 Å². The number of piperidine rings is 1. The molecule has 0 aromatic rings. The molecule has 2 N–H and O–H groups in total. The van der Waals surface area contributed by atoms with Crippen molar-refractivity contribution in [2.45, 2.75) is 44.7 Å². The van der Waals surface area contributed by atoms with Gasteiger partial charge in [-0.2, -0.15) is 0 Å². The zero-order valence-corrected chi connectivity index (χ0v) is 9.98. The molecular formula is C12H22N2O2. The molecule has 4 nitrogen and oxygen atoms in total. The molecule has 0 spiro atoms. The van der Waals surface area contributed by atoms with Crippen LogP contribution in [-0.4, -0.2) is 47.7 Å². The summed E-state index contributed by atoms with van der Waals surface area (Å²) in [5.41, 5.74) is 0. The van der Waals surface area contributed by atoms with Gasteiger partial charge < -0.3 is 15.3 Å². The zero-order valence-electron chi connectivity index (χ0n) is 9.98. The minimum Gasteiger partial charge on any atom is -0.394 e. The zero-order chi connectivity index (χ0) is 11.5. The molecule has 2 aliphatic heterocycles. The van der Waals surface area contributed by atoms with Crippen molar-refractivity contribution in [3.05, 3.63) is 0 Å². The Morgan fingerprint density at radius 2 is 2.25 bits per heavy atom. The van der Waals surface area contributed by atoms with Gasteiger partial charge in [0.25, 0.3) is 0 Å². The van der Waals surface area contributed by atoms with Gasteiger partial charge >= 0.3 is 0 Å². The first-order valence-electron chi connectivity index (χ1n) is 6.38. The van der Waals surface area contributed by atoms with Crippen molar-refractivity contribution in [3.63, 3.8) is 0 Å². The first-order chi connectivity index (χ1) is 7.74. The van der Waals surface area contributed by atoms with Crippen LogP contribution in [0.5, 0.6) is 0 Å². The SMILES string of the molecule is CC1CCCNC1C(=O)N1CCC[C@@H]1CO. The Morgan fingerprint density at radius 3 is 2.94 bits per heavy atom. The third-order valence-electron chi connectivity index (χ3n) is 3.91. The fourth-order valence-corrected chi connectivity index (χ4v) is 2.87. The summed E-state index contributed by atoms with van der Waals surface area (Å²) in [6.45, 7) is 4.00. The normalized spacial score (nSPS) is 35.4. The van der Waals surface area contributed by atoms with Crippen LogP contribution < -0.4 is 5.32 Å². The summed E-state index contributed by atoms with van der Waals surface area (Å²) in [6, 6.07) is 0.0318. The number of aliphatic hydroxyl groups is 1. The highest BCUT2D eigenvalue weighted by molar-refractivity contribution is 5.83. The molecule has 3 atom stereocenters. The molecule has 4 heteroatoms. The summed E-state index contributed by atoms with van der Waals surface area (Å²) >= 11 is 0. The topological polar surface area (TPSA) is 52.6 Å². The Morgan fingerprint density at radius 1 is 1.44 bits per heavy atom. The van der Waals surface area contributed by atoms with E-state index in [1.807, 2.05) is 4.90 Å². The van der Waals surface area contributed by atoms with E-state index in [-0.39, 0.29) is 24.6 Å². The van der Waals surface area contributed by atoms with Gasteiger partial charge in [-0.15, -0.1) is 0 Å². The van der Waals surface area contributed by atoms with E-state index in [0.29, 0.717) is 5.92 Å². The smallest absolute Gasteiger partial charge is 0.240 e. The van der Waals surface area contributed by atoms with Gasteiger partial charge in [0.15, 0.2) is 0 Å².